The van der Waals surface area contributed by atoms with Gasteiger partial charge < -0.3 is 15.5 Å². The lowest BCUT2D eigenvalue weighted by molar-refractivity contribution is 0.265. The third kappa shape index (κ3) is 2.93. The highest BCUT2D eigenvalue weighted by molar-refractivity contribution is 5.57. The molecule has 2 N–H and O–H groups in total. The lowest BCUT2D eigenvalue weighted by Crippen LogP contribution is -2.45. The van der Waals surface area contributed by atoms with Crippen molar-refractivity contribution in [3.8, 4) is 0 Å². The van der Waals surface area contributed by atoms with Gasteiger partial charge in [-0.15, -0.1) is 0 Å². The van der Waals surface area contributed by atoms with Gasteiger partial charge in [0.05, 0.1) is 0 Å². The SMILES string of the molecule is Cc1cccc(N2CC(CN)N(C)CCC2C)c1C. The molecule has 19 heavy (non-hydrogen) atoms. The van der Waals surface area contributed by atoms with Crippen molar-refractivity contribution in [2.75, 3.05) is 31.6 Å². The molecule has 1 heterocycles. The Balaban J connectivity index is 2.32. The number of nitrogens with zero attached hydrogens (tertiary/aromatic N) is 2. The monoisotopic (exact) mass is 261 g/mol. The van der Waals surface area contributed by atoms with Gasteiger partial charge in [0.2, 0.25) is 0 Å². The number of benzene rings is 1. The summed E-state index contributed by atoms with van der Waals surface area (Å²) in [6.45, 7) is 9.62. The quantitative estimate of drug-likeness (QED) is 0.885. The van der Waals surface area contributed by atoms with E-state index >= 15 is 0 Å². The minimum atomic E-state index is 0.449. The van der Waals surface area contributed by atoms with Crippen LogP contribution in [0.1, 0.15) is 24.5 Å². The highest BCUT2D eigenvalue weighted by Gasteiger charge is 2.26. The largest absolute Gasteiger partial charge is 0.367 e. The van der Waals surface area contributed by atoms with Crippen LogP contribution in [0.15, 0.2) is 18.2 Å². The minimum absolute atomic E-state index is 0.449. The fourth-order valence-corrected chi connectivity index (χ4v) is 2.91. The predicted molar refractivity (Wildman–Crippen MR) is 82.8 cm³/mol. The molecule has 1 aliphatic heterocycles. The van der Waals surface area contributed by atoms with Crippen molar-refractivity contribution in [1.82, 2.24) is 4.90 Å². The summed E-state index contributed by atoms with van der Waals surface area (Å²) in [5.74, 6) is 0. The lowest BCUT2D eigenvalue weighted by atomic mass is 10.0. The molecule has 3 nitrogen and oxygen atoms in total. The Morgan fingerprint density at radius 3 is 2.74 bits per heavy atom. The first-order valence-electron chi connectivity index (χ1n) is 7.27. The van der Waals surface area contributed by atoms with Crippen LogP contribution in [-0.2, 0) is 0 Å². The van der Waals surface area contributed by atoms with E-state index in [1.54, 1.807) is 0 Å². The molecular formula is C16H27N3. The Morgan fingerprint density at radius 1 is 1.32 bits per heavy atom. The maximum absolute atomic E-state index is 5.95. The van der Waals surface area contributed by atoms with Crippen molar-refractivity contribution in [2.45, 2.75) is 39.3 Å². The highest BCUT2D eigenvalue weighted by atomic mass is 15.3. The van der Waals surface area contributed by atoms with Crippen LogP contribution in [0.5, 0.6) is 0 Å². The van der Waals surface area contributed by atoms with Crippen LogP contribution in [0, 0.1) is 13.8 Å². The number of anilines is 1. The Morgan fingerprint density at radius 2 is 2.05 bits per heavy atom. The summed E-state index contributed by atoms with van der Waals surface area (Å²) >= 11 is 0. The summed E-state index contributed by atoms with van der Waals surface area (Å²) in [6, 6.07) is 7.62. The number of hydrogen-bond donors (Lipinski definition) is 1. The molecule has 1 saturated heterocycles. The molecule has 2 unspecified atom stereocenters. The van der Waals surface area contributed by atoms with Gasteiger partial charge in [-0.25, -0.2) is 0 Å². The van der Waals surface area contributed by atoms with E-state index in [-0.39, 0.29) is 0 Å². The van der Waals surface area contributed by atoms with E-state index in [1.165, 1.54) is 23.2 Å². The number of aryl methyl sites for hydroxylation is 1. The van der Waals surface area contributed by atoms with E-state index in [1.807, 2.05) is 0 Å². The predicted octanol–water partition coefficient (Wildman–Crippen LogP) is 2.16. The molecule has 3 heteroatoms. The number of likely N-dealkylation sites (N-methyl/N-ethyl adjacent to an activating group) is 1. The maximum atomic E-state index is 5.95. The minimum Gasteiger partial charge on any atom is -0.367 e. The number of hydrogen-bond acceptors (Lipinski definition) is 3. The molecule has 2 atom stereocenters. The summed E-state index contributed by atoms with van der Waals surface area (Å²) < 4.78 is 0. The average Bonchev–Trinajstić information content (AvgIpc) is 2.54. The summed E-state index contributed by atoms with van der Waals surface area (Å²) in [6.07, 6.45) is 1.19. The first-order valence-corrected chi connectivity index (χ1v) is 7.27. The Bertz CT molecular complexity index is 430. The van der Waals surface area contributed by atoms with Crippen LogP contribution in [0.2, 0.25) is 0 Å². The van der Waals surface area contributed by atoms with Crippen molar-refractivity contribution in [3.63, 3.8) is 0 Å². The first-order chi connectivity index (χ1) is 9.04. The molecule has 0 bridgehead atoms. The molecule has 1 aliphatic rings. The fraction of sp³-hybridized carbons (Fsp3) is 0.625. The lowest BCUT2D eigenvalue weighted by Gasteiger charge is -2.33. The summed E-state index contributed by atoms with van der Waals surface area (Å²) in [5, 5.41) is 0. The summed E-state index contributed by atoms with van der Waals surface area (Å²) in [5.41, 5.74) is 10.1. The van der Waals surface area contributed by atoms with E-state index in [4.69, 9.17) is 5.73 Å². The van der Waals surface area contributed by atoms with Crippen molar-refractivity contribution in [2.24, 2.45) is 5.73 Å². The Kier molecular flexibility index (Phi) is 4.48. The molecule has 0 aromatic heterocycles. The third-order valence-electron chi connectivity index (χ3n) is 4.62. The molecule has 1 aromatic rings. The molecule has 2 rings (SSSR count). The van der Waals surface area contributed by atoms with Gasteiger partial charge in [0.25, 0.3) is 0 Å². The normalized spacial score (nSPS) is 25.4. The van der Waals surface area contributed by atoms with Crippen LogP contribution in [0.4, 0.5) is 5.69 Å². The molecule has 0 spiro atoms. The fourth-order valence-electron chi connectivity index (χ4n) is 2.91. The van der Waals surface area contributed by atoms with Crippen molar-refractivity contribution < 1.29 is 0 Å². The van der Waals surface area contributed by atoms with Gasteiger partial charge in [-0.3, -0.25) is 0 Å². The zero-order chi connectivity index (χ0) is 14.0. The zero-order valence-corrected chi connectivity index (χ0v) is 12.7. The Labute approximate surface area is 117 Å². The van der Waals surface area contributed by atoms with Gasteiger partial charge in [0.1, 0.15) is 0 Å². The third-order valence-corrected chi connectivity index (χ3v) is 4.62. The molecule has 0 radical (unpaired) electrons. The topological polar surface area (TPSA) is 32.5 Å². The molecular weight excluding hydrogens is 234 g/mol. The first kappa shape index (κ1) is 14.4. The summed E-state index contributed by atoms with van der Waals surface area (Å²) in [7, 11) is 2.19. The number of nitrogens with two attached hydrogens (primary N) is 1. The van der Waals surface area contributed by atoms with Crippen LogP contribution in [0.25, 0.3) is 0 Å². The smallest absolute Gasteiger partial charge is 0.0401 e. The van der Waals surface area contributed by atoms with E-state index in [0.717, 1.165) is 19.6 Å². The van der Waals surface area contributed by atoms with Gasteiger partial charge in [0, 0.05) is 37.4 Å². The molecule has 0 saturated carbocycles. The van der Waals surface area contributed by atoms with Gasteiger partial charge >= 0.3 is 0 Å². The van der Waals surface area contributed by atoms with Gasteiger partial charge in [-0.1, -0.05) is 12.1 Å². The molecule has 1 fully saturated rings. The Hall–Kier alpha value is -1.06. The number of rotatable bonds is 2. The standard InChI is InChI=1S/C16H27N3/c1-12-6-5-7-16(14(12)3)19-11-15(10-17)18(4)9-8-13(19)2/h5-7,13,15H,8-11,17H2,1-4H3. The van der Waals surface area contributed by atoms with E-state index < -0.39 is 0 Å². The van der Waals surface area contributed by atoms with E-state index in [0.29, 0.717) is 12.1 Å². The average molecular weight is 261 g/mol. The van der Waals surface area contributed by atoms with Gasteiger partial charge in [0.15, 0.2) is 0 Å². The van der Waals surface area contributed by atoms with Crippen LogP contribution in [0.3, 0.4) is 0 Å². The highest BCUT2D eigenvalue weighted by Crippen LogP contribution is 2.27. The van der Waals surface area contributed by atoms with Crippen molar-refractivity contribution in [3.05, 3.63) is 29.3 Å². The van der Waals surface area contributed by atoms with Crippen LogP contribution >= 0.6 is 0 Å². The second-order valence-electron chi connectivity index (χ2n) is 5.88. The van der Waals surface area contributed by atoms with E-state index in [2.05, 4.69) is 55.8 Å². The van der Waals surface area contributed by atoms with Crippen LogP contribution in [-0.4, -0.2) is 43.7 Å². The maximum Gasteiger partial charge on any atom is 0.0401 e. The molecule has 0 amide bonds. The molecule has 0 aliphatic carbocycles. The van der Waals surface area contributed by atoms with E-state index in [9.17, 15) is 0 Å². The molecule has 106 valence electrons. The zero-order valence-electron chi connectivity index (χ0n) is 12.7. The van der Waals surface area contributed by atoms with Crippen molar-refractivity contribution >= 4 is 5.69 Å². The van der Waals surface area contributed by atoms with Gasteiger partial charge in [-0.2, -0.15) is 0 Å². The second kappa shape index (κ2) is 5.93. The summed E-state index contributed by atoms with van der Waals surface area (Å²) in [4.78, 5) is 4.95. The molecule has 1 aromatic carbocycles. The van der Waals surface area contributed by atoms with Gasteiger partial charge in [-0.05, 0) is 51.4 Å². The van der Waals surface area contributed by atoms with Crippen LogP contribution < -0.4 is 10.6 Å². The second-order valence-corrected chi connectivity index (χ2v) is 5.88. The van der Waals surface area contributed by atoms with Crippen molar-refractivity contribution in [1.29, 1.82) is 0 Å².